The van der Waals surface area contributed by atoms with E-state index in [9.17, 15) is 4.79 Å². The molecule has 3 rings (SSSR count). The smallest absolute Gasteiger partial charge is 0.311 e. The molecule has 0 bridgehead atoms. The van der Waals surface area contributed by atoms with E-state index in [1.54, 1.807) is 0 Å². The number of likely N-dealkylation sites (tertiary alicyclic amines) is 1. The largest absolute Gasteiger partial charge is 0.340 e. The third-order valence-corrected chi connectivity index (χ3v) is 4.80. The second-order valence-corrected chi connectivity index (χ2v) is 6.68. The standard InChI is InChI=1S/C21H25N3O2/c22-21(19-9-5-2-6-10-19)23-26-16-20(25)24-13-11-18(12-14-24)15-17-7-3-1-4-8-17/h1-10,18H,11-16H2,(H2,22,23)/p+1. The van der Waals surface area contributed by atoms with Crippen LogP contribution < -0.4 is 10.9 Å². The molecule has 5 heteroatoms. The van der Waals surface area contributed by atoms with Crippen LogP contribution in [-0.4, -0.2) is 36.3 Å². The summed E-state index contributed by atoms with van der Waals surface area (Å²) in [7, 11) is 0. The Balaban J connectivity index is 1.41. The van der Waals surface area contributed by atoms with Crippen molar-refractivity contribution in [3.05, 3.63) is 71.8 Å². The summed E-state index contributed by atoms with van der Waals surface area (Å²) in [6.45, 7) is 1.56. The number of rotatable bonds is 6. The van der Waals surface area contributed by atoms with E-state index < -0.39 is 0 Å². The van der Waals surface area contributed by atoms with Crippen molar-refractivity contribution < 1.29 is 14.8 Å². The highest BCUT2D eigenvalue weighted by atomic mass is 16.6. The first-order chi connectivity index (χ1) is 12.7. The van der Waals surface area contributed by atoms with E-state index >= 15 is 0 Å². The molecule has 0 spiro atoms. The van der Waals surface area contributed by atoms with Gasteiger partial charge in [0, 0.05) is 13.1 Å². The fourth-order valence-corrected chi connectivity index (χ4v) is 3.28. The van der Waals surface area contributed by atoms with Crippen molar-refractivity contribution in [1.82, 2.24) is 4.90 Å². The van der Waals surface area contributed by atoms with Gasteiger partial charge in [-0.2, -0.15) is 0 Å². The molecule has 2 aromatic rings. The van der Waals surface area contributed by atoms with Gasteiger partial charge in [0.1, 0.15) is 0 Å². The van der Waals surface area contributed by atoms with Crippen LogP contribution in [-0.2, 0) is 16.1 Å². The predicted octanol–water partition coefficient (Wildman–Crippen LogP) is 0.885. The van der Waals surface area contributed by atoms with Crippen LogP contribution in [0.1, 0.15) is 24.0 Å². The van der Waals surface area contributed by atoms with E-state index in [4.69, 9.17) is 10.6 Å². The Bertz CT molecular complexity index is 723. The zero-order valence-corrected chi connectivity index (χ0v) is 14.9. The van der Waals surface area contributed by atoms with Crippen LogP contribution in [0.2, 0.25) is 0 Å². The Morgan fingerprint density at radius 2 is 1.65 bits per heavy atom. The summed E-state index contributed by atoms with van der Waals surface area (Å²) < 4.78 is 0. The number of hydrogen-bond donors (Lipinski definition) is 2. The Hall–Kier alpha value is -2.82. The van der Waals surface area contributed by atoms with Crippen molar-refractivity contribution in [2.24, 2.45) is 11.7 Å². The second kappa shape index (κ2) is 9.04. The molecule has 1 saturated heterocycles. The number of carbonyl (C=O) groups excluding carboxylic acids is 1. The maximum absolute atomic E-state index is 12.3. The number of carbonyl (C=O) groups is 1. The van der Waals surface area contributed by atoms with Crippen molar-refractivity contribution in [2.75, 3.05) is 19.7 Å². The average Bonchev–Trinajstić information content (AvgIpc) is 2.70. The van der Waals surface area contributed by atoms with Gasteiger partial charge in [0.05, 0.1) is 5.56 Å². The lowest BCUT2D eigenvalue weighted by atomic mass is 9.90. The number of hydrogen-bond acceptors (Lipinski definition) is 2. The van der Waals surface area contributed by atoms with Gasteiger partial charge in [0.25, 0.3) is 5.91 Å². The van der Waals surface area contributed by atoms with Crippen LogP contribution in [0.4, 0.5) is 0 Å². The molecule has 136 valence electrons. The van der Waals surface area contributed by atoms with E-state index in [0.717, 1.165) is 37.9 Å². The molecule has 1 heterocycles. The summed E-state index contributed by atoms with van der Waals surface area (Å²) in [5.41, 5.74) is 8.11. The molecule has 0 aliphatic carbocycles. The lowest BCUT2D eigenvalue weighted by Crippen LogP contribution is -2.75. The molecule has 1 aliphatic heterocycles. The van der Waals surface area contributed by atoms with Gasteiger partial charge < -0.3 is 9.74 Å². The van der Waals surface area contributed by atoms with Crippen molar-refractivity contribution in [3.63, 3.8) is 0 Å². The summed E-state index contributed by atoms with van der Waals surface area (Å²) in [5.74, 6) is 1.04. The van der Waals surface area contributed by atoms with Gasteiger partial charge >= 0.3 is 5.84 Å². The first kappa shape index (κ1) is 18.0. The van der Waals surface area contributed by atoms with Gasteiger partial charge in [-0.25, -0.2) is 0 Å². The predicted molar refractivity (Wildman–Crippen MR) is 101 cm³/mol. The molecule has 0 unspecified atom stereocenters. The van der Waals surface area contributed by atoms with E-state index in [-0.39, 0.29) is 12.5 Å². The molecule has 1 amide bonds. The minimum absolute atomic E-state index is 0.00322. The summed E-state index contributed by atoms with van der Waals surface area (Å²) in [6.07, 6.45) is 3.15. The molecule has 26 heavy (non-hydrogen) atoms. The third kappa shape index (κ3) is 5.09. The second-order valence-electron chi connectivity index (χ2n) is 6.68. The van der Waals surface area contributed by atoms with Crippen LogP contribution >= 0.6 is 0 Å². The Kier molecular flexibility index (Phi) is 6.25. The maximum Gasteiger partial charge on any atom is 0.311 e. The quantitative estimate of drug-likeness (QED) is 0.461. The highest BCUT2D eigenvalue weighted by Crippen LogP contribution is 2.21. The number of nitrogens with zero attached hydrogens (tertiary/aromatic N) is 1. The van der Waals surface area contributed by atoms with E-state index in [2.05, 4.69) is 29.4 Å². The summed E-state index contributed by atoms with van der Waals surface area (Å²) >= 11 is 0. The Morgan fingerprint density at radius 1 is 1.04 bits per heavy atom. The number of amidine groups is 1. The van der Waals surface area contributed by atoms with Crippen LogP contribution in [0.15, 0.2) is 60.7 Å². The van der Waals surface area contributed by atoms with Crippen LogP contribution in [0.5, 0.6) is 0 Å². The minimum Gasteiger partial charge on any atom is -0.340 e. The Labute approximate surface area is 154 Å². The lowest BCUT2D eigenvalue weighted by Gasteiger charge is -2.31. The molecular formula is C21H26N3O2+. The zero-order chi connectivity index (χ0) is 18.2. The van der Waals surface area contributed by atoms with Gasteiger partial charge in [-0.1, -0.05) is 53.7 Å². The number of nitrogens with one attached hydrogen (secondary N) is 1. The normalized spacial score (nSPS) is 15.7. The van der Waals surface area contributed by atoms with Crippen LogP contribution in [0, 0.1) is 5.92 Å². The van der Waals surface area contributed by atoms with Gasteiger partial charge in [-0.15, -0.1) is 0 Å². The first-order valence-electron chi connectivity index (χ1n) is 9.09. The number of piperidine rings is 1. The molecule has 0 radical (unpaired) electrons. The summed E-state index contributed by atoms with van der Waals surface area (Å²) in [4.78, 5) is 19.5. The molecule has 5 nitrogen and oxygen atoms in total. The zero-order valence-electron chi connectivity index (χ0n) is 14.9. The maximum atomic E-state index is 12.3. The van der Waals surface area contributed by atoms with Gasteiger partial charge in [-0.3, -0.25) is 10.5 Å². The molecule has 1 aliphatic rings. The number of nitrogens with two attached hydrogens (primary N) is 1. The molecule has 3 N–H and O–H groups in total. The molecule has 0 saturated carbocycles. The SMILES string of the molecule is NC(=[NH+]OCC(=O)N1CCC(Cc2ccccc2)CC1)c1ccccc1. The highest BCUT2D eigenvalue weighted by Gasteiger charge is 2.23. The monoisotopic (exact) mass is 352 g/mol. The molecule has 0 atom stereocenters. The average molecular weight is 352 g/mol. The van der Waals surface area contributed by atoms with Crippen molar-refractivity contribution >= 4 is 11.7 Å². The van der Waals surface area contributed by atoms with Crippen molar-refractivity contribution in [3.8, 4) is 0 Å². The molecule has 2 aromatic carbocycles. The van der Waals surface area contributed by atoms with Crippen molar-refractivity contribution in [2.45, 2.75) is 19.3 Å². The molecule has 1 fully saturated rings. The molecular weight excluding hydrogens is 326 g/mol. The highest BCUT2D eigenvalue weighted by molar-refractivity contribution is 5.92. The number of benzene rings is 2. The van der Waals surface area contributed by atoms with E-state index in [1.165, 1.54) is 5.56 Å². The van der Waals surface area contributed by atoms with Gasteiger partial charge in [-0.05, 0) is 42.9 Å². The third-order valence-electron chi connectivity index (χ3n) is 4.80. The fourth-order valence-electron chi connectivity index (χ4n) is 3.28. The minimum atomic E-state index is -0.0170. The van der Waals surface area contributed by atoms with E-state index in [0.29, 0.717) is 11.8 Å². The lowest BCUT2D eigenvalue weighted by molar-refractivity contribution is -0.750. The molecule has 0 aromatic heterocycles. The van der Waals surface area contributed by atoms with Gasteiger partial charge in [0.15, 0.2) is 0 Å². The van der Waals surface area contributed by atoms with E-state index in [1.807, 2.05) is 41.3 Å². The van der Waals surface area contributed by atoms with Crippen molar-refractivity contribution in [1.29, 1.82) is 0 Å². The first-order valence-corrected chi connectivity index (χ1v) is 9.09. The number of amides is 1. The van der Waals surface area contributed by atoms with Crippen LogP contribution in [0.3, 0.4) is 0 Å². The summed E-state index contributed by atoms with van der Waals surface area (Å²) in [6, 6.07) is 20.0. The summed E-state index contributed by atoms with van der Waals surface area (Å²) in [5, 5.41) is 2.66. The Morgan fingerprint density at radius 3 is 2.31 bits per heavy atom. The van der Waals surface area contributed by atoms with Gasteiger partial charge in [0.2, 0.25) is 6.61 Å². The topological polar surface area (TPSA) is 69.5 Å². The number of nitrogen functional groups attached to an aromatic ring is 1. The fraction of sp³-hybridized carbons (Fsp3) is 0.333. The van der Waals surface area contributed by atoms with Crippen LogP contribution in [0.25, 0.3) is 0 Å².